The predicted molar refractivity (Wildman–Crippen MR) is 96.2 cm³/mol. The normalized spacial score (nSPS) is 11.1. The lowest BCUT2D eigenvalue weighted by Gasteiger charge is -2.08. The molecule has 144 valence electrons. The van der Waals surface area contributed by atoms with Gasteiger partial charge in [-0.15, -0.1) is 0 Å². The van der Waals surface area contributed by atoms with Crippen LogP contribution in [0, 0.1) is 5.82 Å². The van der Waals surface area contributed by atoms with Crippen molar-refractivity contribution in [1.29, 1.82) is 0 Å². The molecule has 2 aromatic rings. The molecule has 3 N–H and O–H groups in total. The van der Waals surface area contributed by atoms with E-state index in [9.17, 15) is 22.4 Å². The van der Waals surface area contributed by atoms with Gasteiger partial charge in [-0.05, 0) is 42.3 Å². The molecule has 0 aliphatic carbocycles. The van der Waals surface area contributed by atoms with Crippen molar-refractivity contribution >= 4 is 33.5 Å². The Balaban J connectivity index is 1.84. The van der Waals surface area contributed by atoms with Gasteiger partial charge in [-0.3, -0.25) is 4.79 Å². The van der Waals surface area contributed by atoms with E-state index in [1.807, 2.05) is 0 Å². The summed E-state index contributed by atoms with van der Waals surface area (Å²) in [5.41, 5.74) is 0.730. The van der Waals surface area contributed by atoms with Gasteiger partial charge in [0.1, 0.15) is 10.7 Å². The maximum Gasteiger partial charge on any atom is 0.338 e. The minimum absolute atomic E-state index is 0.109. The van der Waals surface area contributed by atoms with E-state index in [4.69, 9.17) is 21.5 Å². The van der Waals surface area contributed by atoms with Gasteiger partial charge in [0.15, 0.2) is 6.61 Å². The fourth-order valence-electron chi connectivity index (χ4n) is 2.11. The van der Waals surface area contributed by atoms with Crippen LogP contribution in [0.15, 0.2) is 47.4 Å². The minimum Gasteiger partial charge on any atom is -0.452 e. The number of carbonyl (C=O) groups excluding carboxylic acids is 2. The summed E-state index contributed by atoms with van der Waals surface area (Å²) >= 11 is 5.73. The lowest BCUT2D eigenvalue weighted by atomic mass is 10.1. The Morgan fingerprint density at radius 1 is 1.15 bits per heavy atom. The zero-order valence-corrected chi connectivity index (χ0v) is 15.5. The van der Waals surface area contributed by atoms with Gasteiger partial charge in [0.25, 0.3) is 5.91 Å². The molecular weight excluding hydrogens is 399 g/mol. The maximum atomic E-state index is 12.8. The van der Waals surface area contributed by atoms with E-state index in [1.165, 1.54) is 24.3 Å². The standard InChI is InChI=1S/C17H16ClFN2O5S/c18-14-6-3-12(9-15(14)27(20,24)25)17(23)26-10-16(22)21-8-7-11-1-4-13(19)5-2-11/h1-6,9H,7-8,10H2,(H,21,22)(H2,20,24,25). The molecule has 0 radical (unpaired) electrons. The first-order chi connectivity index (χ1) is 12.7. The highest BCUT2D eigenvalue weighted by atomic mass is 35.5. The molecule has 2 rings (SSSR count). The highest BCUT2D eigenvalue weighted by molar-refractivity contribution is 7.89. The van der Waals surface area contributed by atoms with Gasteiger partial charge in [0.2, 0.25) is 10.0 Å². The molecule has 0 bridgehead atoms. The van der Waals surface area contributed by atoms with Crippen molar-refractivity contribution in [3.8, 4) is 0 Å². The molecule has 0 unspecified atom stereocenters. The first-order valence-corrected chi connectivity index (χ1v) is 9.60. The quantitative estimate of drug-likeness (QED) is 0.668. The Morgan fingerprint density at radius 3 is 2.44 bits per heavy atom. The lowest BCUT2D eigenvalue weighted by Crippen LogP contribution is -2.30. The minimum atomic E-state index is -4.10. The Bertz CT molecular complexity index is 948. The summed E-state index contributed by atoms with van der Waals surface area (Å²) < 4.78 is 40.4. The van der Waals surface area contributed by atoms with Crippen LogP contribution in [0.1, 0.15) is 15.9 Å². The average Bonchev–Trinajstić information content (AvgIpc) is 2.61. The van der Waals surface area contributed by atoms with Gasteiger partial charge in [-0.2, -0.15) is 0 Å². The molecule has 27 heavy (non-hydrogen) atoms. The first kappa shape index (κ1) is 20.8. The number of rotatable bonds is 7. The van der Waals surface area contributed by atoms with Gasteiger partial charge in [-0.1, -0.05) is 23.7 Å². The van der Waals surface area contributed by atoms with Gasteiger partial charge in [0.05, 0.1) is 10.6 Å². The number of esters is 1. The fourth-order valence-corrected chi connectivity index (χ4v) is 3.18. The number of nitrogens with two attached hydrogens (primary N) is 1. The largest absolute Gasteiger partial charge is 0.452 e. The number of benzene rings is 2. The van der Waals surface area contributed by atoms with E-state index >= 15 is 0 Å². The highest BCUT2D eigenvalue weighted by Crippen LogP contribution is 2.21. The van der Waals surface area contributed by atoms with Crippen LogP contribution in [0.4, 0.5) is 4.39 Å². The molecular formula is C17H16ClFN2O5S. The van der Waals surface area contributed by atoms with Crippen LogP contribution in [0.2, 0.25) is 5.02 Å². The SMILES string of the molecule is NS(=O)(=O)c1cc(C(=O)OCC(=O)NCCc2ccc(F)cc2)ccc1Cl. The van der Waals surface area contributed by atoms with Crippen molar-refractivity contribution in [3.63, 3.8) is 0 Å². The van der Waals surface area contributed by atoms with E-state index in [0.717, 1.165) is 11.6 Å². The summed E-state index contributed by atoms with van der Waals surface area (Å²) in [5, 5.41) is 7.43. The van der Waals surface area contributed by atoms with Gasteiger partial charge < -0.3 is 10.1 Å². The molecule has 0 aliphatic heterocycles. The molecule has 0 spiro atoms. The molecule has 2 aromatic carbocycles. The summed E-state index contributed by atoms with van der Waals surface area (Å²) in [6.45, 7) is -0.270. The molecule has 0 saturated carbocycles. The summed E-state index contributed by atoms with van der Waals surface area (Å²) in [4.78, 5) is 23.3. The number of nitrogens with one attached hydrogen (secondary N) is 1. The van der Waals surface area contributed by atoms with Crippen LogP contribution in [-0.2, 0) is 26.0 Å². The van der Waals surface area contributed by atoms with E-state index in [0.29, 0.717) is 6.42 Å². The average molecular weight is 415 g/mol. The van der Waals surface area contributed by atoms with E-state index in [-0.39, 0.29) is 22.9 Å². The van der Waals surface area contributed by atoms with Crippen LogP contribution in [0.5, 0.6) is 0 Å². The Kier molecular flexibility index (Phi) is 6.89. The topological polar surface area (TPSA) is 116 Å². The Morgan fingerprint density at radius 2 is 1.81 bits per heavy atom. The van der Waals surface area contributed by atoms with Crippen molar-refractivity contribution < 1.29 is 27.1 Å². The zero-order chi connectivity index (χ0) is 20.0. The van der Waals surface area contributed by atoms with E-state index < -0.39 is 33.4 Å². The summed E-state index contributed by atoms with van der Waals surface area (Å²) in [5.74, 6) is -1.78. The highest BCUT2D eigenvalue weighted by Gasteiger charge is 2.17. The number of halogens is 2. The molecule has 0 saturated heterocycles. The second-order valence-electron chi connectivity index (χ2n) is 5.49. The molecule has 0 fully saturated rings. The molecule has 7 nitrogen and oxygen atoms in total. The van der Waals surface area contributed by atoms with Crippen molar-refractivity contribution in [2.75, 3.05) is 13.2 Å². The van der Waals surface area contributed by atoms with Crippen molar-refractivity contribution in [3.05, 3.63) is 64.4 Å². The van der Waals surface area contributed by atoms with Crippen molar-refractivity contribution in [2.45, 2.75) is 11.3 Å². The molecule has 0 atom stereocenters. The smallest absolute Gasteiger partial charge is 0.338 e. The number of sulfonamides is 1. The second kappa shape index (κ2) is 8.94. The number of hydrogen-bond acceptors (Lipinski definition) is 5. The maximum absolute atomic E-state index is 12.8. The van der Waals surface area contributed by atoms with Crippen LogP contribution in [-0.4, -0.2) is 33.4 Å². The molecule has 1 amide bonds. The van der Waals surface area contributed by atoms with Crippen molar-refractivity contribution in [1.82, 2.24) is 5.32 Å². The van der Waals surface area contributed by atoms with E-state index in [2.05, 4.69) is 5.32 Å². The second-order valence-corrected chi connectivity index (χ2v) is 7.43. The van der Waals surface area contributed by atoms with Crippen LogP contribution < -0.4 is 10.5 Å². The summed E-state index contributed by atoms with van der Waals surface area (Å²) in [6, 6.07) is 9.27. The first-order valence-electron chi connectivity index (χ1n) is 7.67. The zero-order valence-electron chi connectivity index (χ0n) is 13.9. The number of hydrogen-bond donors (Lipinski definition) is 2. The molecule has 10 heteroatoms. The van der Waals surface area contributed by atoms with Crippen LogP contribution in [0.25, 0.3) is 0 Å². The number of amides is 1. The monoisotopic (exact) mass is 414 g/mol. The number of primary sulfonamides is 1. The van der Waals surface area contributed by atoms with Gasteiger partial charge in [-0.25, -0.2) is 22.7 Å². The fraction of sp³-hybridized carbons (Fsp3) is 0.176. The van der Waals surface area contributed by atoms with Gasteiger partial charge >= 0.3 is 5.97 Å². The predicted octanol–water partition coefficient (Wildman–Crippen LogP) is 1.64. The third-order valence-electron chi connectivity index (χ3n) is 3.46. The van der Waals surface area contributed by atoms with Crippen LogP contribution >= 0.6 is 11.6 Å². The summed E-state index contributed by atoms with van der Waals surface area (Å²) in [6.07, 6.45) is 0.481. The number of ether oxygens (including phenoxy) is 1. The molecule has 0 aromatic heterocycles. The van der Waals surface area contributed by atoms with E-state index in [1.54, 1.807) is 12.1 Å². The Hall–Kier alpha value is -2.49. The lowest BCUT2D eigenvalue weighted by molar-refractivity contribution is -0.124. The number of carbonyl (C=O) groups is 2. The van der Waals surface area contributed by atoms with Crippen molar-refractivity contribution in [2.24, 2.45) is 5.14 Å². The molecule has 0 aliphatic rings. The van der Waals surface area contributed by atoms with Crippen LogP contribution in [0.3, 0.4) is 0 Å². The molecule has 0 heterocycles. The third-order valence-corrected chi connectivity index (χ3v) is 4.85. The summed E-state index contributed by atoms with van der Waals surface area (Å²) in [7, 11) is -4.10. The third kappa shape index (κ3) is 6.31. The Labute approximate surface area is 160 Å². The van der Waals surface area contributed by atoms with Gasteiger partial charge in [0, 0.05) is 6.54 Å².